The van der Waals surface area contributed by atoms with E-state index >= 15 is 0 Å². The molecule has 7 nitrogen and oxygen atoms in total. The van der Waals surface area contributed by atoms with E-state index in [2.05, 4.69) is 9.62 Å². The Morgan fingerprint density at radius 3 is 2.32 bits per heavy atom. The number of hydrogen-bond acceptors (Lipinski definition) is 5. The molecule has 1 heterocycles. The van der Waals surface area contributed by atoms with Crippen LogP contribution in [0, 0.1) is 10.1 Å². The van der Waals surface area contributed by atoms with Gasteiger partial charge in [0.1, 0.15) is 5.02 Å². The number of hydrogen-bond donors (Lipinski definition) is 1. The average Bonchev–Trinajstić information content (AvgIpc) is 3.09. The second-order valence-corrected chi connectivity index (χ2v) is 7.81. The molecule has 0 radical (unpaired) electrons. The van der Waals surface area contributed by atoms with Crippen LogP contribution in [-0.2, 0) is 10.0 Å². The fraction of sp³-hybridized carbons (Fsp3) is 0.250. The van der Waals surface area contributed by atoms with E-state index in [0.717, 1.165) is 37.7 Å². The Morgan fingerprint density at radius 2 is 1.72 bits per heavy atom. The molecule has 9 heteroatoms. The van der Waals surface area contributed by atoms with Gasteiger partial charge in [-0.2, -0.15) is 0 Å². The predicted molar refractivity (Wildman–Crippen MR) is 96.8 cm³/mol. The van der Waals surface area contributed by atoms with Gasteiger partial charge in [0.15, 0.2) is 0 Å². The lowest BCUT2D eigenvalue weighted by Crippen LogP contribution is -2.17. The van der Waals surface area contributed by atoms with E-state index in [1.807, 2.05) is 12.1 Å². The summed E-state index contributed by atoms with van der Waals surface area (Å²) in [5, 5.41) is 10.8. The fourth-order valence-corrected chi connectivity index (χ4v) is 3.99. The summed E-state index contributed by atoms with van der Waals surface area (Å²) in [7, 11) is -3.94. The molecule has 0 aliphatic carbocycles. The van der Waals surface area contributed by atoms with Crippen LogP contribution in [0.25, 0.3) is 0 Å². The molecule has 2 aromatic carbocycles. The van der Waals surface area contributed by atoms with Gasteiger partial charge < -0.3 is 4.90 Å². The minimum atomic E-state index is -3.94. The lowest BCUT2D eigenvalue weighted by molar-refractivity contribution is -0.384. The van der Waals surface area contributed by atoms with Crippen molar-refractivity contribution >= 4 is 38.7 Å². The molecule has 1 N–H and O–H groups in total. The number of nitrogens with zero attached hydrogens (tertiary/aromatic N) is 2. The Morgan fingerprint density at radius 1 is 1.08 bits per heavy atom. The fourth-order valence-electron chi connectivity index (χ4n) is 2.73. The van der Waals surface area contributed by atoms with Crippen LogP contribution < -0.4 is 9.62 Å². The lowest BCUT2D eigenvalue weighted by Gasteiger charge is -2.18. The van der Waals surface area contributed by atoms with Crippen LogP contribution in [0.15, 0.2) is 47.4 Å². The van der Waals surface area contributed by atoms with Crippen molar-refractivity contribution in [1.29, 1.82) is 0 Å². The molecule has 1 aliphatic rings. The monoisotopic (exact) mass is 381 g/mol. The second-order valence-electron chi connectivity index (χ2n) is 5.72. The molecule has 2 aromatic rings. The zero-order valence-corrected chi connectivity index (χ0v) is 14.8. The third-order valence-electron chi connectivity index (χ3n) is 4.02. The maximum absolute atomic E-state index is 12.4. The van der Waals surface area contributed by atoms with Crippen LogP contribution in [0.5, 0.6) is 0 Å². The first-order valence-electron chi connectivity index (χ1n) is 7.68. The van der Waals surface area contributed by atoms with Crippen LogP contribution in [0.4, 0.5) is 17.1 Å². The van der Waals surface area contributed by atoms with Crippen LogP contribution in [-0.4, -0.2) is 26.4 Å². The van der Waals surface area contributed by atoms with Crippen molar-refractivity contribution < 1.29 is 13.3 Å². The number of anilines is 2. The molecule has 0 bridgehead atoms. The van der Waals surface area contributed by atoms with E-state index in [1.54, 1.807) is 12.1 Å². The standard InChI is InChI=1S/C16H16ClN3O4S/c17-15-8-7-14(11-16(15)20(21)22)25(23,24)18-12-3-5-13(6-4-12)19-9-1-2-10-19/h3-8,11,18H,1-2,9-10H2. The van der Waals surface area contributed by atoms with Crippen LogP contribution in [0.3, 0.4) is 0 Å². The summed E-state index contributed by atoms with van der Waals surface area (Å²) in [5.74, 6) is 0. The zero-order valence-electron chi connectivity index (χ0n) is 13.2. The van der Waals surface area contributed by atoms with E-state index in [9.17, 15) is 18.5 Å². The first-order valence-corrected chi connectivity index (χ1v) is 9.55. The van der Waals surface area contributed by atoms with Crippen molar-refractivity contribution in [2.24, 2.45) is 0 Å². The minimum Gasteiger partial charge on any atom is -0.372 e. The van der Waals surface area contributed by atoms with Gasteiger partial charge in [-0.3, -0.25) is 14.8 Å². The number of halogens is 1. The summed E-state index contributed by atoms with van der Waals surface area (Å²) in [6.45, 7) is 2.00. The maximum atomic E-state index is 12.4. The Bertz CT molecular complexity index is 894. The third-order valence-corrected chi connectivity index (χ3v) is 5.71. The van der Waals surface area contributed by atoms with Gasteiger partial charge in [0.2, 0.25) is 0 Å². The van der Waals surface area contributed by atoms with Crippen LogP contribution in [0.2, 0.25) is 5.02 Å². The van der Waals surface area contributed by atoms with Crippen molar-refractivity contribution in [2.75, 3.05) is 22.7 Å². The molecule has 1 aliphatic heterocycles. The molecule has 0 atom stereocenters. The highest BCUT2D eigenvalue weighted by Crippen LogP contribution is 2.28. The van der Waals surface area contributed by atoms with E-state index in [-0.39, 0.29) is 9.92 Å². The van der Waals surface area contributed by atoms with Gasteiger partial charge in [0, 0.05) is 30.5 Å². The number of rotatable bonds is 5. The lowest BCUT2D eigenvalue weighted by atomic mass is 10.2. The topological polar surface area (TPSA) is 92.5 Å². The number of nitro benzene ring substituents is 1. The van der Waals surface area contributed by atoms with Crippen LogP contribution >= 0.6 is 11.6 Å². The Hall–Kier alpha value is -2.32. The molecule has 0 aromatic heterocycles. The van der Waals surface area contributed by atoms with Crippen molar-refractivity contribution in [3.63, 3.8) is 0 Å². The SMILES string of the molecule is O=[N+]([O-])c1cc(S(=O)(=O)Nc2ccc(N3CCCC3)cc2)ccc1Cl. The Labute approximate surface area is 150 Å². The molecule has 0 saturated carbocycles. The smallest absolute Gasteiger partial charge is 0.289 e. The van der Waals surface area contributed by atoms with Crippen LogP contribution in [0.1, 0.15) is 12.8 Å². The summed E-state index contributed by atoms with van der Waals surface area (Å²) in [4.78, 5) is 12.2. The summed E-state index contributed by atoms with van der Waals surface area (Å²) in [6.07, 6.45) is 2.31. The van der Waals surface area contributed by atoms with Gasteiger partial charge in [-0.25, -0.2) is 8.42 Å². The van der Waals surface area contributed by atoms with Crippen molar-refractivity contribution in [3.8, 4) is 0 Å². The molecule has 0 unspecified atom stereocenters. The molecule has 0 spiro atoms. The summed E-state index contributed by atoms with van der Waals surface area (Å²) < 4.78 is 27.3. The first kappa shape index (κ1) is 17.5. The molecule has 132 valence electrons. The highest BCUT2D eigenvalue weighted by molar-refractivity contribution is 7.92. The Balaban J connectivity index is 1.81. The highest BCUT2D eigenvalue weighted by atomic mass is 35.5. The number of benzene rings is 2. The molecular formula is C16H16ClN3O4S. The maximum Gasteiger partial charge on any atom is 0.289 e. The van der Waals surface area contributed by atoms with E-state index in [4.69, 9.17) is 11.6 Å². The third kappa shape index (κ3) is 3.85. The van der Waals surface area contributed by atoms with Gasteiger partial charge in [0.05, 0.1) is 9.82 Å². The summed E-state index contributed by atoms with van der Waals surface area (Å²) >= 11 is 5.72. The minimum absolute atomic E-state index is 0.112. The number of nitro groups is 1. The van der Waals surface area contributed by atoms with Gasteiger partial charge >= 0.3 is 0 Å². The highest BCUT2D eigenvalue weighted by Gasteiger charge is 2.21. The van der Waals surface area contributed by atoms with Gasteiger partial charge in [-0.1, -0.05) is 11.6 Å². The summed E-state index contributed by atoms with van der Waals surface area (Å²) in [6, 6.07) is 10.4. The quantitative estimate of drug-likeness (QED) is 0.630. The van der Waals surface area contributed by atoms with Crippen molar-refractivity contribution in [2.45, 2.75) is 17.7 Å². The first-order chi connectivity index (χ1) is 11.9. The summed E-state index contributed by atoms with van der Waals surface area (Å²) in [5.41, 5.74) is 0.983. The molecule has 3 rings (SSSR count). The molecule has 1 fully saturated rings. The average molecular weight is 382 g/mol. The molecular weight excluding hydrogens is 366 g/mol. The number of nitrogens with one attached hydrogen (secondary N) is 1. The molecule has 0 amide bonds. The normalized spacial score (nSPS) is 14.5. The largest absolute Gasteiger partial charge is 0.372 e. The molecule has 25 heavy (non-hydrogen) atoms. The van der Waals surface area contributed by atoms with Crippen molar-refractivity contribution in [1.82, 2.24) is 0 Å². The van der Waals surface area contributed by atoms with E-state index in [1.165, 1.54) is 12.1 Å². The van der Waals surface area contributed by atoms with E-state index < -0.39 is 20.6 Å². The van der Waals surface area contributed by atoms with Crippen molar-refractivity contribution in [3.05, 3.63) is 57.6 Å². The second kappa shape index (κ2) is 6.89. The zero-order chi connectivity index (χ0) is 18.0. The molecule has 1 saturated heterocycles. The van der Waals surface area contributed by atoms with Gasteiger partial charge in [0.25, 0.3) is 15.7 Å². The Kier molecular flexibility index (Phi) is 4.82. The predicted octanol–water partition coefficient (Wildman–Crippen LogP) is 3.65. The van der Waals surface area contributed by atoms with Gasteiger partial charge in [-0.05, 0) is 49.2 Å². The van der Waals surface area contributed by atoms with Gasteiger partial charge in [-0.15, -0.1) is 0 Å². The number of sulfonamides is 1. The van der Waals surface area contributed by atoms with E-state index in [0.29, 0.717) is 5.69 Å².